The molecule has 1 aliphatic rings. The Kier molecular flexibility index (Phi) is 4.43. The highest BCUT2D eigenvalue weighted by Crippen LogP contribution is 2.21. The van der Waals surface area contributed by atoms with Crippen LogP contribution in [0.3, 0.4) is 0 Å². The van der Waals surface area contributed by atoms with Gasteiger partial charge in [0.25, 0.3) is 11.8 Å². The molecule has 2 rings (SSSR count). The van der Waals surface area contributed by atoms with Crippen molar-refractivity contribution in [1.29, 1.82) is 0 Å². The quantitative estimate of drug-likeness (QED) is 0.584. The van der Waals surface area contributed by atoms with Gasteiger partial charge >= 0.3 is 0 Å². The Morgan fingerprint density at radius 1 is 1.06 bits per heavy atom. The normalized spacial score (nSPS) is 14.4. The van der Waals surface area contributed by atoms with Gasteiger partial charge in [-0.15, -0.1) is 0 Å². The molecule has 0 aliphatic carbocycles. The summed E-state index contributed by atoms with van der Waals surface area (Å²) in [7, 11) is 1.48. The molecule has 0 bridgehead atoms. The zero-order valence-corrected chi connectivity index (χ0v) is 10.7. The molecule has 0 fully saturated rings. The van der Waals surface area contributed by atoms with Crippen molar-refractivity contribution in [1.82, 2.24) is 4.90 Å². The minimum Gasteiger partial charge on any atom is -0.278 e. The van der Waals surface area contributed by atoms with Crippen LogP contribution in [0, 0.1) is 0 Å². The molecule has 1 heterocycles. The summed E-state index contributed by atoms with van der Waals surface area (Å²) in [5, 5.41) is 0. The third-order valence-corrected chi connectivity index (χ3v) is 2.22. The molecule has 0 atom stereocenters. The molecule has 1 aromatic rings. The van der Waals surface area contributed by atoms with Crippen LogP contribution in [0.4, 0.5) is 0 Å². The Labute approximate surface area is 103 Å². The number of hydrogen-bond donors (Lipinski definition) is 0. The molecule has 0 saturated heterocycles. The van der Waals surface area contributed by atoms with Gasteiger partial charge in [0.05, 0.1) is 5.57 Å². The van der Waals surface area contributed by atoms with E-state index in [1.807, 2.05) is 36.2 Å². The van der Waals surface area contributed by atoms with E-state index >= 15 is 0 Å². The van der Waals surface area contributed by atoms with Crippen molar-refractivity contribution >= 4 is 33.3 Å². The van der Waals surface area contributed by atoms with Gasteiger partial charge in [0, 0.05) is 13.1 Å². The fraction of sp³-hybridized carbons (Fsp3) is 0.167. The smallest absolute Gasteiger partial charge is 0.261 e. The number of carbonyl (C=O) groups is 2. The molecule has 0 unspecified atom stereocenters. The number of carbonyl (C=O) groups excluding carboxylic acids is 2. The van der Waals surface area contributed by atoms with Gasteiger partial charge in [-0.2, -0.15) is 0 Å². The summed E-state index contributed by atoms with van der Waals surface area (Å²) < 4.78 is 0. The Morgan fingerprint density at radius 2 is 1.62 bits per heavy atom. The molecule has 3 nitrogen and oxygen atoms in total. The van der Waals surface area contributed by atoms with Gasteiger partial charge in [0.2, 0.25) is 0 Å². The number of nitrogens with zero attached hydrogens (tertiary/aromatic N) is 1. The average molecular weight is 282 g/mol. The number of hydrogen-bond acceptors (Lipinski definition) is 2. The maximum Gasteiger partial charge on any atom is 0.261 e. The van der Waals surface area contributed by atoms with E-state index in [-0.39, 0.29) is 11.8 Å². The van der Waals surface area contributed by atoms with E-state index in [1.165, 1.54) is 13.1 Å². The lowest BCUT2D eigenvalue weighted by Gasteiger charge is -2.06. The highest BCUT2D eigenvalue weighted by atomic mass is 79.9. The van der Waals surface area contributed by atoms with Crippen LogP contribution in [0.5, 0.6) is 0 Å². The van der Waals surface area contributed by atoms with E-state index in [1.54, 1.807) is 0 Å². The fourth-order valence-corrected chi connectivity index (χ4v) is 1.39. The highest BCUT2D eigenvalue weighted by molar-refractivity contribution is 9.08. The summed E-state index contributed by atoms with van der Waals surface area (Å²) in [5.41, 5.74) is 1.26. The van der Waals surface area contributed by atoms with Crippen molar-refractivity contribution in [3.8, 4) is 0 Å². The molecular formula is C12H12BrNO2. The van der Waals surface area contributed by atoms with Crippen molar-refractivity contribution in [3.63, 3.8) is 0 Å². The second-order valence-corrected chi connectivity index (χ2v) is 3.13. The molecule has 84 valence electrons. The van der Waals surface area contributed by atoms with Crippen LogP contribution in [-0.4, -0.2) is 29.6 Å². The minimum absolute atomic E-state index is 0.235. The van der Waals surface area contributed by atoms with Crippen LogP contribution in [0.25, 0.3) is 5.57 Å². The van der Waals surface area contributed by atoms with Crippen molar-refractivity contribution in [2.45, 2.75) is 0 Å². The maximum atomic E-state index is 11.6. The van der Waals surface area contributed by atoms with Crippen LogP contribution < -0.4 is 0 Å². The van der Waals surface area contributed by atoms with Gasteiger partial charge in [-0.25, -0.2) is 0 Å². The minimum atomic E-state index is -0.256. The van der Waals surface area contributed by atoms with E-state index < -0.39 is 0 Å². The van der Waals surface area contributed by atoms with E-state index in [0.29, 0.717) is 5.57 Å². The summed E-state index contributed by atoms with van der Waals surface area (Å²) in [4.78, 5) is 23.9. The molecule has 0 aromatic heterocycles. The zero-order chi connectivity index (χ0) is 12.1. The molecule has 16 heavy (non-hydrogen) atoms. The molecule has 1 aliphatic heterocycles. The number of benzene rings is 1. The first kappa shape index (κ1) is 12.6. The number of rotatable bonds is 1. The van der Waals surface area contributed by atoms with Crippen molar-refractivity contribution in [2.24, 2.45) is 0 Å². The SMILES string of the molecule is CBr.CN1C(=O)C=C(c2ccccc2)C1=O. The highest BCUT2D eigenvalue weighted by Gasteiger charge is 2.27. The third kappa shape index (κ3) is 2.39. The summed E-state index contributed by atoms with van der Waals surface area (Å²) in [6.07, 6.45) is 1.37. The first-order valence-electron chi connectivity index (χ1n) is 4.67. The van der Waals surface area contributed by atoms with Crippen molar-refractivity contribution in [2.75, 3.05) is 12.9 Å². The zero-order valence-electron chi connectivity index (χ0n) is 9.11. The maximum absolute atomic E-state index is 11.6. The molecule has 1 aromatic carbocycles. The van der Waals surface area contributed by atoms with Crippen LogP contribution in [0.15, 0.2) is 36.4 Å². The predicted molar refractivity (Wildman–Crippen MR) is 67.0 cm³/mol. The van der Waals surface area contributed by atoms with Crippen LogP contribution >= 0.6 is 15.9 Å². The summed E-state index contributed by atoms with van der Waals surface area (Å²) in [6.45, 7) is 0. The Morgan fingerprint density at radius 3 is 2.06 bits per heavy atom. The largest absolute Gasteiger partial charge is 0.278 e. The van der Waals surface area contributed by atoms with Gasteiger partial charge in [0.1, 0.15) is 0 Å². The third-order valence-electron chi connectivity index (χ3n) is 2.22. The molecule has 0 radical (unpaired) electrons. The Bertz CT molecular complexity index is 426. The lowest BCUT2D eigenvalue weighted by atomic mass is 10.1. The number of alkyl halides is 1. The molecule has 2 amide bonds. The van der Waals surface area contributed by atoms with Crippen molar-refractivity contribution in [3.05, 3.63) is 42.0 Å². The second-order valence-electron chi connectivity index (χ2n) is 3.13. The molecular weight excluding hydrogens is 270 g/mol. The predicted octanol–water partition coefficient (Wildman–Crippen LogP) is 2.08. The van der Waals surface area contributed by atoms with E-state index in [4.69, 9.17) is 0 Å². The molecule has 4 heteroatoms. The lowest BCUT2D eigenvalue weighted by Crippen LogP contribution is -2.25. The van der Waals surface area contributed by atoms with Gasteiger partial charge < -0.3 is 0 Å². The Balaban J connectivity index is 0.000000606. The monoisotopic (exact) mass is 281 g/mol. The average Bonchev–Trinajstić information content (AvgIpc) is 2.61. The lowest BCUT2D eigenvalue weighted by molar-refractivity contribution is -0.134. The molecule has 0 N–H and O–H groups in total. The van der Waals surface area contributed by atoms with Crippen molar-refractivity contribution < 1.29 is 9.59 Å². The van der Waals surface area contributed by atoms with E-state index in [9.17, 15) is 9.59 Å². The van der Waals surface area contributed by atoms with Crippen LogP contribution in [0.1, 0.15) is 5.56 Å². The van der Waals surface area contributed by atoms with E-state index in [2.05, 4.69) is 15.9 Å². The topological polar surface area (TPSA) is 37.4 Å². The fourth-order valence-electron chi connectivity index (χ4n) is 1.39. The number of imide groups is 1. The number of amides is 2. The first-order chi connectivity index (χ1) is 7.70. The molecule has 0 saturated carbocycles. The van der Waals surface area contributed by atoms with Crippen LogP contribution in [-0.2, 0) is 9.59 Å². The van der Waals surface area contributed by atoms with Crippen LogP contribution in [0.2, 0.25) is 0 Å². The summed E-state index contributed by atoms with van der Waals surface area (Å²) in [6, 6.07) is 9.18. The van der Waals surface area contributed by atoms with Gasteiger partial charge in [-0.1, -0.05) is 46.3 Å². The summed E-state index contributed by atoms with van der Waals surface area (Å²) >= 11 is 2.94. The van der Waals surface area contributed by atoms with E-state index in [0.717, 1.165) is 10.5 Å². The summed E-state index contributed by atoms with van der Waals surface area (Å²) in [5.74, 6) is 1.32. The standard InChI is InChI=1S/C11H9NO2.CH3Br/c1-12-10(13)7-9(11(12)14)8-5-3-2-4-6-8;1-2/h2-7H,1H3;1H3. The number of likely N-dealkylation sites (N-methyl/N-ethyl adjacent to an activating group) is 1. The first-order valence-corrected chi connectivity index (χ1v) is 6.25. The van der Waals surface area contributed by atoms with Gasteiger partial charge in [0.15, 0.2) is 0 Å². The second kappa shape index (κ2) is 5.61. The van der Waals surface area contributed by atoms with Gasteiger partial charge in [-0.3, -0.25) is 14.5 Å². The molecule has 0 spiro atoms. The number of halogens is 1. The Hall–Kier alpha value is -1.42. The van der Waals surface area contributed by atoms with Gasteiger partial charge in [-0.05, 0) is 11.4 Å².